The van der Waals surface area contributed by atoms with Crippen LogP contribution < -0.4 is 0 Å². The fraction of sp³-hybridized carbons (Fsp3) is 0.0526. The average molecular weight is 487 g/mol. The lowest BCUT2D eigenvalue weighted by atomic mass is 9.58. The average Bonchev–Trinajstić information content (AvgIpc) is 3.02. The normalized spacial score (nSPS) is 12.1. The maximum absolute atomic E-state index is 2.32. The Balaban J connectivity index is 1.67. The van der Waals surface area contributed by atoms with Crippen LogP contribution in [0.3, 0.4) is 0 Å². The number of rotatable bonds is 7. The molecule has 0 heterocycles. The third-order valence-electron chi connectivity index (χ3n) is 7.60. The highest BCUT2D eigenvalue weighted by Crippen LogP contribution is 2.52. The summed E-state index contributed by atoms with van der Waals surface area (Å²) in [5.74, 6) is 0.0423. The van der Waals surface area contributed by atoms with E-state index in [1.54, 1.807) is 0 Å². The smallest absolute Gasteiger partial charge is 0.0560 e. The highest BCUT2D eigenvalue weighted by molar-refractivity contribution is 5.65. The van der Waals surface area contributed by atoms with Gasteiger partial charge in [-0.3, -0.25) is 0 Å². The van der Waals surface area contributed by atoms with Gasteiger partial charge in [0.15, 0.2) is 0 Å². The van der Waals surface area contributed by atoms with Crippen molar-refractivity contribution >= 4 is 0 Å². The molecule has 0 N–H and O–H groups in total. The molecule has 0 saturated heterocycles. The molecule has 6 aromatic rings. The van der Waals surface area contributed by atoms with Gasteiger partial charge in [-0.1, -0.05) is 176 Å². The SMILES string of the molecule is c1ccc(-c2ccc(C(c3ccccc3)C(c3ccccc3)(c3ccccc3)c3ccccc3)cc2)cc1. The Morgan fingerprint density at radius 2 is 0.605 bits per heavy atom. The molecule has 0 aliphatic carbocycles. The molecule has 0 amide bonds. The second kappa shape index (κ2) is 10.7. The van der Waals surface area contributed by atoms with E-state index in [1.807, 2.05) is 0 Å². The molecule has 38 heavy (non-hydrogen) atoms. The molecule has 1 unspecified atom stereocenters. The summed E-state index contributed by atoms with van der Waals surface area (Å²) >= 11 is 0. The van der Waals surface area contributed by atoms with Crippen LogP contribution in [0.15, 0.2) is 176 Å². The van der Waals surface area contributed by atoms with Crippen molar-refractivity contribution in [1.82, 2.24) is 0 Å². The molecule has 0 radical (unpaired) electrons. The molecule has 0 aliphatic heterocycles. The van der Waals surface area contributed by atoms with Gasteiger partial charge < -0.3 is 0 Å². The van der Waals surface area contributed by atoms with E-state index >= 15 is 0 Å². The molecule has 1 atom stereocenters. The van der Waals surface area contributed by atoms with Crippen molar-refractivity contribution in [2.24, 2.45) is 0 Å². The maximum atomic E-state index is 2.32. The molecule has 0 nitrogen and oxygen atoms in total. The summed E-state index contributed by atoms with van der Waals surface area (Å²) < 4.78 is 0. The first kappa shape index (κ1) is 23.7. The first-order valence-corrected chi connectivity index (χ1v) is 13.2. The van der Waals surface area contributed by atoms with Gasteiger partial charge >= 0.3 is 0 Å². The molecule has 0 heteroatoms. The molecular weight excluding hydrogens is 456 g/mol. The minimum atomic E-state index is -0.445. The minimum Gasteiger partial charge on any atom is -0.0622 e. The summed E-state index contributed by atoms with van der Waals surface area (Å²) in [4.78, 5) is 0. The van der Waals surface area contributed by atoms with Gasteiger partial charge in [-0.05, 0) is 38.9 Å². The molecule has 0 bridgehead atoms. The molecule has 0 aromatic heterocycles. The zero-order chi connectivity index (χ0) is 25.6. The number of hydrogen-bond donors (Lipinski definition) is 0. The summed E-state index contributed by atoms with van der Waals surface area (Å²) in [6.07, 6.45) is 0. The fourth-order valence-corrected chi connectivity index (χ4v) is 5.94. The predicted octanol–water partition coefficient (Wildman–Crippen LogP) is 9.52. The van der Waals surface area contributed by atoms with E-state index < -0.39 is 5.41 Å². The summed E-state index contributed by atoms with van der Waals surface area (Å²) in [6.45, 7) is 0. The third-order valence-corrected chi connectivity index (χ3v) is 7.60. The van der Waals surface area contributed by atoms with Gasteiger partial charge in [0.1, 0.15) is 0 Å². The highest BCUT2D eigenvalue weighted by atomic mass is 14.5. The summed E-state index contributed by atoms with van der Waals surface area (Å²) in [5, 5.41) is 0. The monoisotopic (exact) mass is 486 g/mol. The van der Waals surface area contributed by atoms with E-state index in [1.165, 1.54) is 38.9 Å². The van der Waals surface area contributed by atoms with Crippen molar-refractivity contribution < 1.29 is 0 Å². The lowest BCUT2D eigenvalue weighted by molar-refractivity contribution is 0.537. The molecule has 6 aromatic carbocycles. The molecule has 0 spiro atoms. The standard InChI is InChI=1S/C38H30/c1-6-16-30(17-7-1)31-26-28-33(29-27-31)37(32-18-8-2-9-19-32)38(34-20-10-3-11-21-34,35-22-12-4-13-23-35)36-24-14-5-15-25-36/h1-29,37H. The fourth-order valence-electron chi connectivity index (χ4n) is 5.94. The predicted molar refractivity (Wildman–Crippen MR) is 159 cm³/mol. The highest BCUT2D eigenvalue weighted by Gasteiger charge is 2.45. The van der Waals surface area contributed by atoms with E-state index in [0.29, 0.717) is 0 Å². The lowest BCUT2D eigenvalue weighted by Gasteiger charge is -2.43. The van der Waals surface area contributed by atoms with Crippen molar-refractivity contribution in [1.29, 1.82) is 0 Å². The Labute approximate surface area is 225 Å². The first-order chi connectivity index (χ1) is 18.9. The zero-order valence-electron chi connectivity index (χ0n) is 21.3. The second-order valence-corrected chi connectivity index (χ2v) is 9.74. The number of benzene rings is 6. The lowest BCUT2D eigenvalue weighted by Crippen LogP contribution is -2.37. The second-order valence-electron chi connectivity index (χ2n) is 9.74. The van der Waals surface area contributed by atoms with E-state index in [0.717, 1.165) is 0 Å². The van der Waals surface area contributed by atoms with Crippen LogP contribution in [0.1, 0.15) is 33.7 Å². The van der Waals surface area contributed by atoms with Crippen molar-refractivity contribution in [2.45, 2.75) is 11.3 Å². The Bertz CT molecular complexity index is 1460. The van der Waals surface area contributed by atoms with Gasteiger partial charge in [0.2, 0.25) is 0 Å². The first-order valence-electron chi connectivity index (χ1n) is 13.2. The van der Waals surface area contributed by atoms with Crippen LogP contribution in [-0.4, -0.2) is 0 Å². The molecular formula is C38H30. The van der Waals surface area contributed by atoms with E-state index in [2.05, 4.69) is 176 Å². The van der Waals surface area contributed by atoms with E-state index in [-0.39, 0.29) is 5.92 Å². The van der Waals surface area contributed by atoms with Gasteiger partial charge in [0.25, 0.3) is 0 Å². The van der Waals surface area contributed by atoms with Crippen molar-refractivity contribution in [2.75, 3.05) is 0 Å². The van der Waals surface area contributed by atoms with Crippen molar-refractivity contribution in [3.8, 4) is 11.1 Å². The topological polar surface area (TPSA) is 0 Å². The van der Waals surface area contributed by atoms with Gasteiger partial charge in [-0.25, -0.2) is 0 Å². The quantitative estimate of drug-likeness (QED) is 0.197. The van der Waals surface area contributed by atoms with Crippen LogP contribution in [-0.2, 0) is 5.41 Å². The molecule has 0 aliphatic rings. The Kier molecular flexibility index (Phi) is 6.70. The van der Waals surface area contributed by atoms with Crippen molar-refractivity contribution in [3.05, 3.63) is 204 Å². The van der Waals surface area contributed by atoms with Gasteiger partial charge in [-0.15, -0.1) is 0 Å². The largest absolute Gasteiger partial charge is 0.0622 e. The Hall–Kier alpha value is -4.68. The summed E-state index contributed by atoms with van der Waals surface area (Å²) in [7, 11) is 0. The van der Waals surface area contributed by atoms with E-state index in [9.17, 15) is 0 Å². The Morgan fingerprint density at radius 1 is 0.289 bits per heavy atom. The molecule has 182 valence electrons. The molecule has 0 fully saturated rings. The van der Waals surface area contributed by atoms with Crippen LogP contribution in [0.5, 0.6) is 0 Å². The summed E-state index contributed by atoms with van der Waals surface area (Å²) in [5.41, 5.74) is 8.42. The van der Waals surface area contributed by atoms with Crippen LogP contribution >= 0.6 is 0 Å². The zero-order valence-corrected chi connectivity index (χ0v) is 21.3. The van der Waals surface area contributed by atoms with Crippen LogP contribution in [0.4, 0.5) is 0 Å². The van der Waals surface area contributed by atoms with Crippen molar-refractivity contribution in [3.63, 3.8) is 0 Å². The van der Waals surface area contributed by atoms with Gasteiger partial charge in [0, 0.05) is 5.92 Å². The van der Waals surface area contributed by atoms with Crippen LogP contribution in [0, 0.1) is 0 Å². The Morgan fingerprint density at radius 3 is 1.03 bits per heavy atom. The van der Waals surface area contributed by atoms with Crippen LogP contribution in [0.2, 0.25) is 0 Å². The number of hydrogen-bond acceptors (Lipinski definition) is 0. The molecule has 0 saturated carbocycles. The van der Waals surface area contributed by atoms with Crippen LogP contribution in [0.25, 0.3) is 11.1 Å². The maximum Gasteiger partial charge on any atom is 0.0560 e. The van der Waals surface area contributed by atoms with Gasteiger partial charge in [-0.2, -0.15) is 0 Å². The summed E-state index contributed by atoms with van der Waals surface area (Å²) in [6, 6.07) is 63.8. The van der Waals surface area contributed by atoms with Gasteiger partial charge in [0.05, 0.1) is 5.41 Å². The minimum absolute atomic E-state index is 0.0423. The molecule has 6 rings (SSSR count). The van der Waals surface area contributed by atoms with E-state index in [4.69, 9.17) is 0 Å². The third kappa shape index (κ3) is 4.35.